The van der Waals surface area contributed by atoms with Gasteiger partial charge in [0, 0.05) is 38.3 Å². The molecule has 1 N–H and O–H groups in total. The molecule has 0 radical (unpaired) electrons. The predicted octanol–water partition coefficient (Wildman–Crippen LogP) is 3.68. The van der Waals surface area contributed by atoms with E-state index in [-0.39, 0.29) is 17.9 Å². The number of nitrogens with one attached hydrogen (secondary N) is 1. The van der Waals surface area contributed by atoms with Gasteiger partial charge in [0.25, 0.3) is 5.91 Å². The third-order valence-electron chi connectivity index (χ3n) is 7.29. The largest absolute Gasteiger partial charge is 0.496 e. The molecule has 0 aromatic heterocycles. The van der Waals surface area contributed by atoms with Gasteiger partial charge in [-0.05, 0) is 55.9 Å². The van der Waals surface area contributed by atoms with Gasteiger partial charge in [-0.15, -0.1) is 0 Å². The number of amides is 2. The van der Waals surface area contributed by atoms with Crippen molar-refractivity contribution in [2.24, 2.45) is 5.92 Å². The van der Waals surface area contributed by atoms with Crippen molar-refractivity contribution in [1.29, 1.82) is 0 Å². The molecule has 6 heteroatoms. The molecule has 182 valence electrons. The van der Waals surface area contributed by atoms with E-state index in [0.29, 0.717) is 25.6 Å². The lowest BCUT2D eigenvalue weighted by molar-refractivity contribution is -0.129. The van der Waals surface area contributed by atoms with Gasteiger partial charge in [-0.3, -0.25) is 14.5 Å². The van der Waals surface area contributed by atoms with Crippen molar-refractivity contribution in [2.45, 2.75) is 45.1 Å². The van der Waals surface area contributed by atoms with Crippen LogP contribution in [0.5, 0.6) is 5.75 Å². The molecule has 2 aliphatic rings. The maximum absolute atomic E-state index is 13.4. The van der Waals surface area contributed by atoms with Crippen molar-refractivity contribution in [1.82, 2.24) is 15.1 Å². The van der Waals surface area contributed by atoms with Gasteiger partial charge in [0.05, 0.1) is 13.2 Å². The number of nitrogens with zero attached hydrogens (tertiary/aromatic N) is 2. The first-order valence-electron chi connectivity index (χ1n) is 12.6. The molecule has 0 spiro atoms. The molecule has 0 unspecified atom stereocenters. The zero-order valence-electron chi connectivity index (χ0n) is 20.5. The zero-order valence-corrected chi connectivity index (χ0v) is 20.5. The van der Waals surface area contributed by atoms with Crippen molar-refractivity contribution in [3.8, 4) is 5.75 Å². The molecule has 34 heavy (non-hydrogen) atoms. The number of aryl methyl sites for hydroxylation is 1. The van der Waals surface area contributed by atoms with Crippen LogP contribution in [0, 0.1) is 12.8 Å². The Morgan fingerprint density at radius 1 is 1.00 bits per heavy atom. The summed E-state index contributed by atoms with van der Waals surface area (Å²) in [6, 6.07) is 15.6. The average Bonchev–Trinajstić information content (AvgIpc) is 3.39. The fraction of sp³-hybridized carbons (Fsp3) is 0.500. The molecule has 1 aliphatic carbocycles. The van der Waals surface area contributed by atoms with Crippen molar-refractivity contribution in [3.63, 3.8) is 0 Å². The van der Waals surface area contributed by atoms with Crippen LogP contribution in [0.1, 0.15) is 47.2 Å². The van der Waals surface area contributed by atoms with E-state index in [1.54, 1.807) is 7.11 Å². The summed E-state index contributed by atoms with van der Waals surface area (Å²) < 4.78 is 5.44. The van der Waals surface area contributed by atoms with E-state index in [1.165, 1.54) is 12.8 Å². The van der Waals surface area contributed by atoms with Gasteiger partial charge in [-0.25, -0.2) is 0 Å². The molecule has 0 bridgehead atoms. The zero-order chi connectivity index (χ0) is 23.9. The number of piperazine rings is 1. The molecule has 2 amide bonds. The maximum Gasteiger partial charge on any atom is 0.253 e. The summed E-state index contributed by atoms with van der Waals surface area (Å²) >= 11 is 0. The number of hydrogen-bond acceptors (Lipinski definition) is 4. The molecule has 2 fully saturated rings. The van der Waals surface area contributed by atoms with E-state index < -0.39 is 0 Å². The van der Waals surface area contributed by atoms with Crippen LogP contribution in [0.25, 0.3) is 0 Å². The lowest BCUT2D eigenvalue weighted by Crippen LogP contribution is -2.58. The van der Waals surface area contributed by atoms with Gasteiger partial charge in [0.2, 0.25) is 5.91 Å². The highest BCUT2D eigenvalue weighted by Crippen LogP contribution is 2.31. The molecule has 4 rings (SSSR count). The van der Waals surface area contributed by atoms with Crippen LogP contribution in [0.3, 0.4) is 0 Å². The smallest absolute Gasteiger partial charge is 0.253 e. The first kappa shape index (κ1) is 24.3. The summed E-state index contributed by atoms with van der Waals surface area (Å²) in [4.78, 5) is 30.5. The number of hydrogen-bond donors (Lipinski definition) is 1. The molecule has 1 saturated carbocycles. The second-order valence-electron chi connectivity index (χ2n) is 9.54. The molecule has 1 saturated heterocycles. The fourth-order valence-electron chi connectivity index (χ4n) is 5.37. The number of methoxy groups -OCH3 is 1. The minimum Gasteiger partial charge on any atom is -0.496 e. The average molecular weight is 464 g/mol. The summed E-state index contributed by atoms with van der Waals surface area (Å²) in [7, 11) is 1.68. The summed E-state index contributed by atoms with van der Waals surface area (Å²) in [5, 5.41) is 3.21. The van der Waals surface area contributed by atoms with E-state index in [1.807, 2.05) is 60.4 Å². The molecular formula is C28H37N3O3. The first-order chi connectivity index (χ1) is 16.6. The first-order valence-corrected chi connectivity index (χ1v) is 12.6. The number of para-hydroxylation sites is 1. The van der Waals surface area contributed by atoms with Crippen LogP contribution in [-0.4, -0.2) is 67.5 Å². The minimum atomic E-state index is -0.114. The Balaban J connectivity index is 1.35. The molecule has 2 aromatic rings. The Morgan fingerprint density at radius 2 is 1.68 bits per heavy atom. The van der Waals surface area contributed by atoms with Crippen LogP contribution in [-0.2, 0) is 11.2 Å². The molecular weight excluding hydrogens is 426 g/mol. The van der Waals surface area contributed by atoms with Gasteiger partial charge in [0.15, 0.2) is 0 Å². The lowest BCUT2D eigenvalue weighted by Gasteiger charge is -2.40. The normalized spacial score (nSPS) is 18.0. The third-order valence-corrected chi connectivity index (χ3v) is 7.29. The molecule has 1 aliphatic heterocycles. The van der Waals surface area contributed by atoms with Crippen molar-refractivity contribution >= 4 is 11.8 Å². The van der Waals surface area contributed by atoms with E-state index in [0.717, 1.165) is 54.8 Å². The Hall–Kier alpha value is -2.86. The van der Waals surface area contributed by atoms with E-state index in [9.17, 15) is 9.59 Å². The number of carbonyl (C=O) groups is 2. The number of carbonyl (C=O) groups excluding carboxylic acids is 2. The minimum absolute atomic E-state index is 0.0818. The second-order valence-corrected chi connectivity index (χ2v) is 9.54. The van der Waals surface area contributed by atoms with Crippen LogP contribution in [0.15, 0.2) is 48.5 Å². The molecule has 6 nitrogen and oxygen atoms in total. The van der Waals surface area contributed by atoms with Crippen LogP contribution < -0.4 is 10.1 Å². The SMILES string of the molecule is COc1ccccc1CCNC(=O)[C@@H](C1CCCC1)N1CCN(C(=O)c2ccc(C)cc2)CC1. The predicted molar refractivity (Wildman–Crippen MR) is 134 cm³/mol. The van der Waals surface area contributed by atoms with Crippen LogP contribution in [0.4, 0.5) is 0 Å². The Kier molecular flexibility index (Phi) is 8.22. The summed E-state index contributed by atoms with van der Waals surface area (Å²) in [6.07, 6.45) is 5.34. The summed E-state index contributed by atoms with van der Waals surface area (Å²) in [5.74, 6) is 1.46. The molecule has 2 aromatic carbocycles. The van der Waals surface area contributed by atoms with Crippen molar-refractivity contribution < 1.29 is 14.3 Å². The quantitative estimate of drug-likeness (QED) is 0.649. The monoisotopic (exact) mass is 463 g/mol. The number of ether oxygens (including phenoxy) is 1. The van der Waals surface area contributed by atoms with Gasteiger partial charge >= 0.3 is 0 Å². The second kappa shape index (κ2) is 11.5. The highest BCUT2D eigenvalue weighted by atomic mass is 16.5. The third kappa shape index (κ3) is 5.79. The van der Waals surface area contributed by atoms with Gasteiger partial charge in [0.1, 0.15) is 5.75 Å². The van der Waals surface area contributed by atoms with Gasteiger partial charge < -0.3 is 15.0 Å². The summed E-state index contributed by atoms with van der Waals surface area (Å²) in [5.41, 5.74) is 2.99. The van der Waals surface area contributed by atoms with Crippen molar-refractivity contribution in [2.75, 3.05) is 39.8 Å². The van der Waals surface area contributed by atoms with Crippen LogP contribution in [0.2, 0.25) is 0 Å². The van der Waals surface area contributed by atoms with Crippen LogP contribution >= 0.6 is 0 Å². The van der Waals surface area contributed by atoms with E-state index in [4.69, 9.17) is 4.74 Å². The molecule has 1 atom stereocenters. The highest BCUT2D eigenvalue weighted by Gasteiger charge is 2.37. The number of rotatable bonds is 8. The van der Waals surface area contributed by atoms with E-state index >= 15 is 0 Å². The summed E-state index contributed by atoms with van der Waals surface area (Å²) in [6.45, 7) is 5.40. The van der Waals surface area contributed by atoms with Gasteiger partial charge in [-0.2, -0.15) is 0 Å². The topological polar surface area (TPSA) is 61.9 Å². The fourth-order valence-corrected chi connectivity index (χ4v) is 5.37. The lowest BCUT2D eigenvalue weighted by atomic mass is 9.94. The van der Waals surface area contributed by atoms with Gasteiger partial charge in [-0.1, -0.05) is 48.7 Å². The Morgan fingerprint density at radius 3 is 2.35 bits per heavy atom. The number of benzene rings is 2. The van der Waals surface area contributed by atoms with Crippen molar-refractivity contribution in [3.05, 3.63) is 65.2 Å². The maximum atomic E-state index is 13.4. The molecule has 1 heterocycles. The Bertz CT molecular complexity index is 961. The standard InChI is InChI=1S/C28H37N3O3/c1-21-11-13-24(14-12-21)28(33)31-19-17-30(18-20-31)26(23-8-3-4-9-23)27(32)29-16-15-22-7-5-6-10-25(22)34-2/h5-7,10-14,23,26H,3-4,8-9,15-20H2,1-2H3,(H,29,32)/t26-/m1/s1. The van der Waals surface area contributed by atoms with E-state index in [2.05, 4.69) is 10.2 Å². The Labute approximate surface area is 203 Å². The highest BCUT2D eigenvalue weighted by molar-refractivity contribution is 5.94.